The van der Waals surface area contributed by atoms with E-state index in [2.05, 4.69) is 29.5 Å². The molecule has 0 radical (unpaired) electrons. The van der Waals surface area contributed by atoms with Gasteiger partial charge in [-0.2, -0.15) is 5.10 Å². The number of halogens is 3. The van der Waals surface area contributed by atoms with Crippen LogP contribution < -0.4 is 10.1 Å². The van der Waals surface area contributed by atoms with Gasteiger partial charge in [-0.25, -0.2) is 0 Å². The van der Waals surface area contributed by atoms with Crippen molar-refractivity contribution < 1.29 is 4.74 Å². The molecule has 1 heterocycles. The number of rotatable bonds is 7. The predicted molar refractivity (Wildman–Crippen MR) is 118 cm³/mol. The second-order valence-corrected chi connectivity index (χ2v) is 7.27. The van der Waals surface area contributed by atoms with E-state index in [1.165, 1.54) is 11.1 Å². The Hall–Kier alpha value is -1.72. The first-order valence-electron chi connectivity index (χ1n) is 8.79. The number of benzene rings is 2. The van der Waals surface area contributed by atoms with Gasteiger partial charge in [-0.1, -0.05) is 41.4 Å². The number of aromatic nitrogens is 2. The number of nitrogens with zero attached hydrogens (tertiary/aromatic N) is 2. The Morgan fingerprint density at radius 2 is 1.61 bits per heavy atom. The zero-order valence-electron chi connectivity index (χ0n) is 16.1. The summed E-state index contributed by atoms with van der Waals surface area (Å²) in [5.41, 5.74) is 5.43. The van der Waals surface area contributed by atoms with E-state index in [4.69, 9.17) is 27.9 Å². The molecule has 0 atom stereocenters. The summed E-state index contributed by atoms with van der Waals surface area (Å²) in [7, 11) is 1.67. The van der Waals surface area contributed by atoms with E-state index in [9.17, 15) is 0 Å². The average molecular weight is 441 g/mol. The highest BCUT2D eigenvalue weighted by Gasteiger charge is 2.14. The highest BCUT2D eigenvalue weighted by Crippen LogP contribution is 2.26. The van der Waals surface area contributed by atoms with Gasteiger partial charge in [-0.3, -0.25) is 4.68 Å². The van der Waals surface area contributed by atoms with E-state index >= 15 is 0 Å². The van der Waals surface area contributed by atoms with Crippen LogP contribution in [0.4, 0.5) is 0 Å². The van der Waals surface area contributed by atoms with Gasteiger partial charge in [0.25, 0.3) is 0 Å². The first kappa shape index (κ1) is 22.6. The normalized spacial score (nSPS) is 10.6. The van der Waals surface area contributed by atoms with E-state index in [1.807, 2.05) is 41.9 Å². The highest BCUT2D eigenvalue weighted by atomic mass is 35.5. The van der Waals surface area contributed by atoms with Gasteiger partial charge in [0.1, 0.15) is 5.75 Å². The molecule has 0 amide bonds. The molecular formula is C21H24Cl3N3O. The second kappa shape index (κ2) is 10.2. The van der Waals surface area contributed by atoms with Gasteiger partial charge in [0.15, 0.2) is 0 Å². The van der Waals surface area contributed by atoms with Crippen LogP contribution in [0.15, 0.2) is 42.5 Å². The van der Waals surface area contributed by atoms with Crippen LogP contribution in [-0.2, 0) is 19.6 Å². The zero-order chi connectivity index (χ0) is 19.4. The number of aryl methyl sites for hydroxylation is 1. The maximum atomic E-state index is 6.30. The van der Waals surface area contributed by atoms with Crippen LogP contribution in [-0.4, -0.2) is 16.9 Å². The molecule has 0 spiro atoms. The maximum absolute atomic E-state index is 6.30. The Morgan fingerprint density at radius 1 is 0.964 bits per heavy atom. The molecule has 150 valence electrons. The molecule has 3 aromatic rings. The summed E-state index contributed by atoms with van der Waals surface area (Å²) < 4.78 is 7.16. The minimum Gasteiger partial charge on any atom is -0.497 e. The lowest BCUT2D eigenvalue weighted by atomic mass is 10.1. The van der Waals surface area contributed by atoms with Gasteiger partial charge in [-0.15, -0.1) is 12.4 Å². The molecule has 0 aliphatic heterocycles. The molecule has 2 aromatic carbocycles. The Bertz CT molecular complexity index is 903. The lowest BCUT2D eigenvalue weighted by Crippen LogP contribution is -2.14. The van der Waals surface area contributed by atoms with E-state index in [0.717, 1.165) is 35.8 Å². The van der Waals surface area contributed by atoms with Crippen molar-refractivity contribution in [3.05, 3.63) is 80.6 Å². The van der Waals surface area contributed by atoms with Gasteiger partial charge in [0, 0.05) is 40.0 Å². The highest BCUT2D eigenvalue weighted by molar-refractivity contribution is 6.35. The number of nitrogens with one attached hydrogen (secondary N) is 1. The van der Waals surface area contributed by atoms with Crippen molar-refractivity contribution in [1.82, 2.24) is 15.1 Å². The molecule has 1 N–H and O–H groups in total. The van der Waals surface area contributed by atoms with Crippen molar-refractivity contribution >= 4 is 35.6 Å². The van der Waals surface area contributed by atoms with Crippen LogP contribution in [0.3, 0.4) is 0 Å². The summed E-state index contributed by atoms with van der Waals surface area (Å²) in [6.07, 6.45) is 0. The van der Waals surface area contributed by atoms with Crippen LogP contribution in [0.1, 0.15) is 28.1 Å². The van der Waals surface area contributed by atoms with E-state index < -0.39 is 0 Å². The molecule has 0 fully saturated rings. The lowest BCUT2D eigenvalue weighted by Gasteiger charge is -2.10. The van der Waals surface area contributed by atoms with Crippen LogP contribution in [0.25, 0.3) is 0 Å². The number of hydrogen-bond acceptors (Lipinski definition) is 3. The molecule has 0 saturated carbocycles. The van der Waals surface area contributed by atoms with Gasteiger partial charge in [0.05, 0.1) is 19.3 Å². The SMILES string of the molecule is COc1ccc(CNCc2c(C)nn(Cc3c(Cl)cccc3Cl)c2C)cc1.Cl. The summed E-state index contributed by atoms with van der Waals surface area (Å²) in [5, 5.41) is 9.49. The Labute approximate surface area is 182 Å². The average Bonchev–Trinajstić information content (AvgIpc) is 2.93. The quantitative estimate of drug-likeness (QED) is 0.521. The standard InChI is InChI=1S/C21H23Cl2N3O.ClH/c1-14-18(12-24-11-16-7-9-17(27-3)10-8-16)15(2)26(25-14)13-19-20(22)5-4-6-21(19)23;/h4-10,24H,11-13H2,1-3H3;1H. The summed E-state index contributed by atoms with van der Waals surface area (Å²) in [5.74, 6) is 0.866. The topological polar surface area (TPSA) is 39.1 Å². The van der Waals surface area contributed by atoms with Crippen LogP contribution >= 0.6 is 35.6 Å². The van der Waals surface area contributed by atoms with E-state index in [0.29, 0.717) is 16.6 Å². The van der Waals surface area contributed by atoms with Crippen LogP contribution in [0.5, 0.6) is 5.75 Å². The largest absolute Gasteiger partial charge is 0.497 e. The van der Waals surface area contributed by atoms with Crippen molar-refractivity contribution in [3.63, 3.8) is 0 Å². The number of hydrogen-bond donors (Lipinski definition) is 1. The van der Waals surface area contributed by atoms with Crippen molar-refractivity contribution in [1.29, 1.82) is 0 Å². The molecule has 4 nitrogen and oxygen atoms in total. The maximum Gasteiger partial charge on any atom is 0.118 e. The molecule has 7 heteroatoms. The van der Waals surface area contributed by atoms with E-state index in [-0.39, 0.29) is 12.4 Å². The van der Waals surface area contributed by atoms with Gasteiger partial charge >= 0.3 is 0 Å². The molecule has 0 aliphatic rings. The van der Waals surface area contributed by atoms with Gasteiger partial charge in [-0.05, 0) is 43.7 Å². The first-order chi connectivity index (χ1) is 13.0. The summed E-state index contributed by atoms with van der Waals surface area (Å²) in [4.78, 5) is 0. The molecule has 0 saturated heterocycles. The fraction of sp³-hybridized carbons (Fsp3) is 0.286. The summed E-state index contributed by atoms with van der Waals surface area (Å²) >= 11 is 12.6. The fourth-order valence-electron chi connectivity index (χ4n) is 3.05. The third-order valence-electron chi connectivity index (χ3n) is 4.69. The predicted octanol–water partition coefficient (Wildman–Crippen LogP) is 5.58. The first-order valence-corrected chi connectivity index (χ1v) is 9.54. The third-order valence-corrected chi connectivity index (χ3v) is 5.40. The molecule has 0 bridgehead atoms. The molecule has 1 aromatic heterocycles. The smallest absolute Gasteiger partial charge is 0.118 e. The van der Waals surface area contributed by atoms with Crippen LogP contribution in [0.2, 0.25) is 10.0 Å². The van der Waals surface area contributed by atoms with Crippen LogP contribution in [0, 0.1) is 13.8 Å². The van der Waals surface area contributed by atoms with Crippen molar-refractivity contribution in [3.8, 4) is 5.75 Å². The molecule has 3 rings (SSSR count). The zero-order valence-corrected chi connectivity index (χ0v) is 18.5. The van der Waals surface area contributed by atoms with E-state index in [1.54, 1.807) is 7.11 Å². The van der Waals surface area contributed by atoms with Crippen molar-refractivity contribution in [2.45, 2.75) is 33.5 Å². The Morgan fingerprint density at radius 3 is 2.21 bits per heavy atom. The van der Waals surface area contributed by atoms with Gasteiger partial charge < -0.3 is 10.1 Å². The van der Waals surface area contributed by atoms with Gasteiger partial charge in [0.2, 0.25) is 0 Å². The molecular weight excluding hydrogens is 417 g/mol. The second-order valence-electron chi connectivity index (χ2n) is 6.46. The molecule has 0 aliphatic carbocycles. The molecule has 0 unspecified atom stereocenters. The third kappa shape index (κ3) is 5.21. The Balaban J connectivity index is 0.00000280. The number of ether oxygens (including phenoxy) is 1. The minimum atomic E-state index is 0. The lowest BCUT2D eigenvalue weighted by molar-refractivity contribution is 0.414. The summed E-state index contributed by atoms with van der Waals surface area (Å²) in [6, 6.07) is 13.6. The summed E-state index contributed by atoms with van der Waals surface area (Å²) in [6.45, 7) is 6.20. The monoisotopic (exact) mass is 439 g/mol. The fourth-order valence-corrected chi connectivity index (χ4v) is 3.57. The van der Waals surface area contributed by atoms with Crippen molar-refractivity contribution in [2.24, 2.45) is 0 Å². The number of methoxy groups -OCH3 is 1. The van der Waals surface area contributed by atoms with Crippen molar-refractivity contribution in [2.75, 3.05) is 7.11 Å². The minimum absolute atomic E-state index is 0. The Kier molecular flexibility index (Phi) is 8.20. The molecule has 28 heavy (non-hydrogen) atoms.